The van der Waals surface area contributed by atoms with E-state index in [0.29, 0.717) is 0 Å². The van der Waals surface area contributed by atoms with Crippen LogP contribution in [0, 0.1) is 5.41 Å². The second kappa shape index (κ2) is 2.91. The van der Waals surface area contributed by atoms with Crippen LogP contribution in [0.5, 0.6) is 0 Å². The lowest BCUT2D eigenvalue weighted by Gasteiger charge is -2.37. The average Bonchev–Trinajstić information content (AvgIpc) is 1.77. The average molecular weight is 207 g/mol. The number of halogens is 1. The van der Waals surface area contributed by atoms with Crippen LogP contribution in [0.1, 0.15) is 25.7 Å². The molecule has 0 saturated heterocycles. The predicted molar refractivity (Wildman–Crippen MR) is 42.3 cm³/mol. The first kappa shape index (κ1) is 8.05. The van der Waals surface area contributed by atoms with Gasteiger partial charge in [0.25, 0.3) is 0 Å². The Balaban J connectivity index is 2.50. The van der Waals surface area contributed by atoms with E-state index >= 15 is 0 Å². The lowest BCUT2D eigenvalue weighted by Crippen LogP contribution is -2.38. The maximum Gasteiger partial charge on any atom is 0.309 e. The Hall–Kier alpha value is -0.0500. The molecule has 0 atom stereocenters. The van der Waals surface area contributed by atoms with Crippen LogP contribution in [-0.4, -0.2) is 16.4 Å². The van der Waals surface area contributed by atoms with Crippen LogP contribution >= 0.6 is 15.9 Å². The van der Waals surface area contributed by atoms with E-state index in [-0.39, 0.29) is 5.41 Å². The molecule has 0 amide bonds. The monoisotopic (exact) mass is 206 g/mol. The summed E-state index contributed by atoms with van der Waals surface area (Å²) in [5.41, 5.74) is -0.358. The molecule has 0 heterocycles. The summed E-state index contributed by atoms with van der Waals surface area (Å²) in [6.45, 7) is 0. The molecule has 0 aliphatic heterocycles. The quantitative estimate of drug-likeness (QED) is 0.719. The van der Waals surface area contributed by atoms with Crippen LogP contribution in [0.4, 0.5) is 0 Å². The topological polar surface area (TPSA) is 37.3 Å². The summed E-state index contributed by atoms with van der Waals surface area (Å²) < 4.78 is 0. The van der Waals surface area contributed by atoms with E-state index < -0.39 is 5.97 Å². The van der Waals surface area contributed by atoms with E-state index in [2.05, 4.69) is 15.9 Å². The molecule has 0 aromatic carbocycles. The standard InChI is InChI=1S/C7H11BrO2/c8-5-4-7(6(9)10)2-1-3-7/h1-5H2,(H,9,10). The fraction of sp³-hybridized carbons (Fsp3) is 0.857. The molecule has 1 aliphatic carbocycles. The van der Waals surface area contributed by atoms with Crippen molar-refractivity contribution in [2.75, 3.05) is 5.33 Å². The van der Waals surface area contributed by atoms with Gasteiger partial charge in [-0.1, -0.05) is 22.4 Å². The van der Waals surface area contributed by atoms with Gasteiger partial charge in [-0.2, -0.15) is 0 Å². The first-order valence-electron chi connectivity index (χ1n) is 3.51. The van der Waals surface area contributed by atoms with Gasteiger partial charge in [0.05, 0.1) is 5.41 Å². The van der Waals surface area contributed by atoms with Crippen LogP contribution in [-0.2, 0) is 4.79 Å². The van der Waals surface area contributed by atoms with Crippen molar-refractivity contribution in [2.24, 2.45) is 5.41 Å². The Morgan fingerprint density at radius 2 is 2.20 bits per heavy atom. The molecule has 10 heavy (non-hydrogen) atoms. The molecule has 0 spiro atoms. The Morgan fingerprint density at radius 1 is 1.60 bits per heavy atom. The molecule has 0 unspecified atom stereocenters. The number of carbonyl (C=O) groups is 1. The normalized spacial score (nSPS) is 21.7. The van der Waals surface area contributed by atoms with Crippen LogP contribution in [0.3, 0.4) is 0 Å². The minimum Gasteiger partial charge on any atom is -0.481 e. The largest absolute Gasteiger partial charge is 0.481 e. The van der Waals surface area contributed by atoms with Crippen LogP contribution in [0.15, 0.2) is 0 Å². The summed E-state index contributed by atoms with van der Waals surface area (Å²) in [4.78, 5) is 10.7. The number of rotatable bonds is 3. The third-order valence-electron chi connectivity index (χ3n) is 2.34. The van der Waals surface area contributed by atoms with E-state index in [1.807, 2.05) is 0 Å². The number of aliphatic carboxylic acids is 1. The molecule has 58 valence electrons. The molecule has 1 rings (SSSR count). The molecule has 1 fully saturated rings. The van der Waals surface area contributed by atoms with E-state index in [1.165, 1.54) is 0 Å². The van der Waals surface area contributed by atoms with Crippen molar-refractivity contribution >= 4 is 21.9 Å². The lowest BCUT2D eigenvalue weighted by atomic mass is 9.67. The highest BCUT2D eigenvalue weighted by molar-refractivity contribution is 9.09. The maximum atomic E-state index is 10.7. The summed E-state index contributed by atoms with van der Waals surface area (Å²) in [7, 11) is 0. The molecule has 3 heteroatoms. The molecule has 2 nitrogen and oxygen atoms in total. The minimum absolute atomic E-state index is 0.358. The van der Waals surface area contributed by atoms with Gasteiger partial charge in [0.2, 0.25) is 0 Å². The molecular formula is C7H11BrO2. The van der Waals surface area contributed by atoms with Gasteiger partial charge in [0, 0.05) is 5.33 Å². The van der Waals surface area contributed by atoms with Crippen LogP contribution in [0.25, 0.3) is 0 Å². The molecule has 1 aliphatic rings. The molecule has 1 N–H and O–H groups in total. The van der Waals surface area contributed by atoms with Gasteiger partial charge < -0.3 is 5.11 Å². The molecule has 0 aromatic rings. The van der Waals surface area contributed by atoms with Gasteiger partial charge in [-0.3, -0.25) is 4.79 Å². The fourth-order valence-corrected chi connectivity index (χ4v) is 2.11. The van der Waals surface area contributed by atoms with Crippen molar-refractivity contribution in [1.82, 2.24) is 0 Å². The van der Waals surface area contributed by atoms with Crippen LogP contribution in [0.2, 0.25) is 0 Å². The Morgan fingerprint density at radius 3 is 2.30 bits per heavy atom. The van der Waals surface area contributed by atoms with Crippen molar-refractivity contribution in [2.45, 2.75) is 25.7 Å². The summed E-state index contributed by atoms with van der Waals surface area (Å²) >= 11 is 3.26. The van der Waals surface area contributed by atoms with Gasteiger partial charge in [0.15, 0.2) is 0 Å². The molecule has 0 aromatic heterocycles. The van der Waals surface area contributed by atoms with Crippen molar-refractivity contribution in [3.05, 3.63) is 0 Å². The number of hydrogen-bond donors (Lipinski definition) is 1. The summed E-state index contributed by atoms with van der Waals surface area (Å²) in [6, 6.07) is 0. The highest BCUT2D eigenvalue weighted by Gasteiger charge is 2.43. The molecule has 0 radical (unpaired) electrons. The summed E-state index contributed by atoms with van der Waals surface area (Å²) in [5.74, 6) is -0.613. The van der Waals surface area contributed by atoms with Crippen molar-refractivity contribution < 1.29 is 9.90 Å². The van der Waals surface area contributed by atoms with Crippen LogP contribution < -0.4 is 0 Å². The van der Waals surface area contributed by atoms with Gasteiger partial charge in [0.1, 0.15) is 0 Å². The first-order chi connectivity index (χ1) is 4.71. The van der Waals surface area contributed by atoms with Crippen molar-refractivity contribution in [3.63, 3.8) is 0 Å². The van der Waals surface area contributed by atoms with Gasteiger partial charge in [-0.25, -0.2) is 0 Å². The zero-order valence-corrected chi connectivity index (χ0v) is 7.35. The van der Waals surface area contributed by atoms with Crippen molar-refractivity contribution in [1.29, 1.82) is 0 Å². The third-order valence-corrected chi connectivity index (χ3v) is 2.73. The first-order valence-corrected chi connectivity index (χ1v) is 4.63. The number of alkyl halides is 1. The summed E-state index contributed by atoms with van der Waals surface area (Å²) in [5, 5.41) is 9.60. The van der Waals surface area contributed by atoms with E-state index in [4.69, 9.17) is 5.11 Å². The maximum absolute atomic E-state index is 10.7. The van der Waals surface area contributed by atoms with E-state index in [9.17, 15) is 4.79 Å². The number of carboxylic acid groups (broad SMARTS) is 1. The Bertz CT molecular complexity index is 141. The zero-order chi connectivity index (χ0) is 7.61. The van der Waals surface area contributed by atoms with Gasteiger partial charge >= 0.3 is 5.97 Å². The summed E-state index contributed by atoms with van der Waals surface area (Å²) in [6.07, 6.45) is 3.60. The van der Waals surface area contributed by atoms with E-state index in [1.54, 1.807) is 0 Å². The molecular weight excluding hydrogens is 196 g/mol. The number of hydrogen-bond acceptors (Lipinski definition) is 1. The highest BCUT2D eigenvalue weighted by atomic mass is 79.9. The minimum atomic E-state index is -0.613. The van der Waals surface area contributed by atoms with E-state index in [0.717, 1.165) is 31.0 Å². The van der Waals surface area contributed by atoms with Crippen molar-refractivity contribution in [3.8, 4) is 0 Å². The van der Waals surface area contributed by atoms with Gasteiger partial charge in [-0.15, -0.1) is 0 Å². The number of carboxylic acids is 1. The second-order valence-corrected chi connectivity index (χ2v) is 3.67. The Labute approximate surface area is 68.7 Å². The second-order valence-electron chi connectivity index (χ2n) is 2.88. The Kier molecular flexibility index (Phi) is 2.34. The fourth-order valence-electron chi connectivity index (χ4n) is 1.36. The SMILES string of the molecule is O=C(O)C1(CCBr)CCC1. The zero-order valence-electron chi connectivity index (χ0n) is 5.77. The highest BCUT2D eigenvalue weighted by Crippen LogP contribution is 2.44. The predicted octanol–water partition coefficient (Wildman–Crippen LogP) is 2.03. The molecule has 0 bridgehead atoms. The molecule has 1 saturated carbocycles. The smallest absolute Gasteiger partial charge is 0.309 e. The lowest BCUT2D eigenvalue weighted by molar-refractivity contribution is -0.154. The van der Waals surface area contributed by atoms with Gasteiger partial charge in [-0.05, 0) is 19.3 Å². The third kappa shape index (κ3) is 1.19.